The predicted molar refractivity (Wildman–Crippen MR) is 74.0 cm³/mol. The Morgan fingerprint density at radius 1 is 1.29 bits per heavy atom. The van der Waals surface area contributed by atoms with Crippen LogP contribution in [0.15, 0.2) is 18.5 Å². The van der Waals surface area contributed by atoms with Gasteiger partial charge in [0.2, 0.25) is 0 Å². The van der Waals surface area contributed by atoms with Gasteiger partial charge in [-0.1, -0.05) is 0 Å². The Balaban J connectivity index is 0.00000220. The van der Waals surface area contributed by atoms with Crippen molar-refractivity contribution in [3.05, 3.63) is 35.4 Å². The summed E-state index contributed by atoms with van der Waals surface area (Å²) in [6.07, 6.45) is -1.14. The largest absolute Gasteiger partial charge is 0.408 e. The van der Waals surface area contributed by atoms with Crippen molar-refractivity contribution in [1.82, 2.24) is 24.9 Å². The average Bonchev–Trinajstić information content (AvgIpc) is 2.88. The number of aryl methyl sites for hydroxylation is 2. The first-order chi connectivity index (χ1) is 9.35. The minimum Gasteiger partial charge on any atom is -0.305 e. The molecule has 2 heterocycles. The summed E-state index contributed by atoms with van der Waals surface area (Å²) in [4.78, 5) is 0. The summed E-state index contributed by atoms with van der Waals surface area (Å²) in [5.41, 5.74) is 2.69. The van der Waals surface area contributed by atoms with E-state index in [1.165, 1.54) is 6.20 Å². The molecule has 0 bridgehead atoms. The number of alkyl halides is 3. The highest BCUT2D eigenvalue weighted by molar-refractivity contribution is 5.85. The van der Waals surface area contributed by atoms with Gasteiger partial charge in [0.05, 0.1) is 17.6 Å². The van der Waals surface area contributed by atoms with Crippen molar-refractivity contribution >= 4 is 12.4 Å². The van der Waals surface area contributed by atoms with Crippen LogP contribution in [0.25, 0.3) is 0 Å². The van der Waals surface area contributed by atoms with E-state index >= 15 is 0 Å². The maximum Gasteiger partial charge on any atom is 0.408 e. The Morgan fingerprint density at radius 3 is 2.57 bits per heavy atom. The van der Waals surface area contributed by atoms with E-state index in [2.05, 4.69) is 15.5 Å². The molecule has 5 nitrogen and oxygen atoms in total. The fraction of sp³-hybridized carbons (Fsp3) is 0.500. The third-order valence-electron chi connectivity index (χ3n) is 2.91. The molecule has 0 radical (unpaired) electrons. The van der Waals surface area contributed by atoms with Crippen LogP contribution in [0.2, 0.25) is 0 Å². The van der Waals surface area contributed by atoms with Crippen LogP contribution in [-0.2, 0) is 26.7 Å². The zero-order chi connectivity index (χ0) is 14.8. The molecule has 9 heteroatoms. The topological polar surface area (TPSA) is 47.7 Å². The molecule has 2 rings (SSSR count). The molecule has 0 atom stereocenters. The fourth-order valence-corrected chi connectivity index (χ4v) is 1.91. The van der Waals surface area contributed by atoms with E-state index in [-0.39, 0.29) is 12.4 Å². The van der Waals surface area contributed by atoms with E-state index in [1.807, 2.05) is 14.0 Å². The van der Waals surface area contributed by atoms with Crippen molar-refractivity contribution in [2.75, 3.05) is 0 Å². The molecule has 0 aliphatic rings. The Bertz CT molecular complexity index is 556. The van der Waals surface area contributed by atoms with Crippen LogP contribution >= 0.6 is 12.4 Å². The number of halogens is 4. The zero-order valence-corrected chi connectivity index (χ0v) is 12.5. The average molecular weight is 324 g/mol. The molecule has 0 saturated heterocycles. The summed E-state index contributed by atoms with van der Waals surface area (Å²) in [7, 11) is 1.85. The van der Waals surface area contributed by atoms with Gasteiger partial charge in [0.15, 0.2) is 0 Å². The molecule has 2 aromatic rings. The molecule has 0 spiro atoms. The van der Waals surface area contributed by atoms with E-state index in [4.69, 9.17) is 0 Å². The fourth-order valence-electron chi connectivity index (χ4n) is 1.91. The van der Waals surface area contributed by atoms with Gasteiger partial charge < -0.3 is 5.32 Å². The smallest absolute Gasteiger partial charge is 0.305 e. The number of hydrogen-bond acceptors (Lipinski definition) is 3. The van der Waals surface area contributed by atoms with Gasteiger partial charge in [-0.15, -0.1) is 12.4 Å². The lowest BCUT2D eigenvalue weighted by atomic mass is 10.2. The van der Waals surface area contributed by atoms with Crippen LogP contribution in [0.3, 0.4) is 0 Å². The maximum absolute atomic E-state index is 12.2. The van der Waals surface area contributed by atoms with Crippen molar-refractivity contribution in [2.45, 2.75) is 32.7 Å². The van der Waals surface area contributed by atoms with E-state index in [0.29, 0.717) is 18.8 Å². The number of nitrogens with zero attached hydrogens (tertiary/aromatic N) is 4. The first-order valence-electron chi connectivity index (χ1n) is 6.12. The summed E-state index contributed by atoms with van der Waals surface area (Å²) >= 11 is 0. The number of aromatic nitrogens is 4. The molecule has 2 aromatic heterocycles. The van der Waals surface area contributed by atoms with Gasteiger partial charge in [-0.05, 0) is 18.6 Å². The Hall–Kier alpha value is -1.54. The van der Waals surface area contributed by atoms with Crippen molar-refractivity contribution < 1.29 is 13.2 Å². The summed E-state index contributed by atoms with van der Waals surface area (Å²) < 4.78 is 39.2. The Morgan fingerprint density at radius 2 is 2.00 bits per heavy atom. The van der Waals surface area contributed by atoms with Crippen LogP contribution in [-0.4, -0.2) is 25.7 Å². The van der Waals surface area contributed by atoms with E-state index in [0.717, 1.165) is 15.9 Å². The molecular weight excluding hydrogens is 307 g/mol. The lowest BCUT2D eigenvalue weighted by Gasteiger charge is -2.06. The summed E-state index contributed by atoms with van der Waals surface area (Å²) in [6, 6.07) is 1.58. The second kappa shape index (κ2) is 6.95. The van der Waals surface area contributed by atoms with Crippen molar-refractivity contribution in [3.8, 4) is 0 Å². The lowest BCUT2D eigenvalue weighted by Crippen LogP contribution is -2.19. The quantitative estimate of drug-likeness (QED) is 0.917. The van der Waals surface area contributed by atoms with Crippen LogP contribution in [0, 0.1) is 6.92 Å². The normalized spacial score (nSPS) is 11.5. The van der Waals surface area contributed by atoms with Crippen molar-refractivity contribution in [3.63, 3.8) is 0 Å². The molecule has 118 valence electrons. The van der Waals surface area contributed by atoms with Crippen LogP contribution < -0.4 is 5.32 Å². The van der Waals surface area contributed by atoms with Gasteiger partial charge in [-0.25, -0.2) is 0 Å². The molecule has 21 heavy (non-hydrogen) atoms. The minimum atomic E-state index is -4.25. The van der Waals surface area contributed by atoms with Gasteiger partial charge in [-0.3, -0.25) is 9.36 Å². The van der Waals surface area contributed by atoms with Crippen LogP contribution in [0.5, 0.6) is 0 Å². The van der Waals surface area contributed by atoms with Crippen LogP contribution in [0.1, 0.15) is 17.0 Å². The van der Waals surface area contributed by atoms with Gasteiger partial charge in [0, 0.05) is 26.3 Å². The summed E-state index contributed by atoms with van der Waals surface area (Å²) in [6.45, 7) is 1.90. The molecule has 0 unspecified atom stereocenters. The molecular formula is C12H17ClF3N5. The molecule has 0 aliphatic carbocycles. The molecule has 0 fully saturated rings. The van der Waals surface area contributed by atoms with Gasteiger partial charge in [-0.2, -0.15) is 23.4 Å². The summed E-state index contributed by atoms with van der Waals surface area (Å²) in [5, 5.41) is 11.1. The van der Waals surface area contributed by atoms with Gasteiger partial charge >= 0.3 is 6.18 Å². The van der Waals surface area contributed by atoms with Gasteiger partial charge in [0.1, 0.15) is 6.54 Å². The van der Waals surface area contributed by atoms with E-state index < -0.39 is 12.7 Å². The maximum atomic E-state index is 12.2. The molecule has 0 aliphatic heterocycles. The highest BCUT2D eigenvalue weighted by atomic mass is 35.5. The van der Waals surface area contributed by atoms with Crippen molar-refractivity contribution in [2.24, 2.45) is 7.05 Å². The monoisotopic (exact) mass is 323 g/mol. The molecule has 0 saturated carbocycles. The first kappa shape index (κ1) is 17.5. The highest BCUT2D eigenvalue weighted by Gasteiger charge is 2.28. The van der Waals surface area contributed by atoms with Crippen LogP contribution in [0.4, 0.5) is 13.2 Å². The lowest BCUT2D eigenvalue weighted by molar-refractivity contribution is -0.142. The number of nitrogens with one attached hydrogen (secondary N) is 1. The Kier molecular flexibility index (Phi) is 5.79. The zero-order valence-electron chi connectivity index (χ0n) is 11.7. The molecule has 0 amide bonds. The SMILES string of the molecule is Cc1cnn(C)c1CNCc1ccn(CC(F)(F)F)n1.Cl. The summed E-state index contributed by atoms with van der Waals surface area (Å²) in [5.74, 6) is 0. The molecule has 1 N–H and O–H groups in total. The third kappa shape index (κ3) is 5.05. The highest BCUT2D eigenvalue weighted by Crippen LogP contribution is 2.16. The Labute approximate surface area is 126 Å². The van der Waals surface area contributed by atoms with E-state index in [9.17, 15) is 13.2 Å². The predicted octanol–water partition coefficient (Wildman–Crippen LogP) is 2.20. The molecule has 0 aromatic carbocycles. The minimum absolute atomic E-state index is 0. The second-order valence-electron chi connectivity index (χ2n) is 4.62. The van der Waals surface area contributed by atoms with Gasteiger partial charge in [0.25, 0.3) is 0 Å². The number of hydrogen-bond donors (Lipinski definition) is 1. The van der Waals surface area contributed by atoms with Crippen molar-refractivity contribution in [1.29, 1.82) is 0 Å². The first-order valence-corrected chi connectivity index (χ1v) is 6.12. The van der Waals surface area contributed by atoms with E-state index in [1.54, 1.807) is 16.9 Å². The second-order valence-corrected chi connectivity index (χ2v) is 4.62. The number of rotatable bonds is 5. The third-order valence-corrected chi connectivity index (χ3v) is 2.91. The standard InChI is InChI=1S/C12H16F3N5.ClH/c1-9-5-17-19(2)11(9)7-16-6-10-3-4-20(18-10)8-12(13,14)15;/h3-5,16H,6-8H2,1-2H3;1H.